The van der Waals surface area contributed by atoms with Gasteiger partial charge in [0.1, 0.15) is 5.75 Å². The summed E-state index contributed by atoms with van der Waals surface area (Å²) in [7, 11) is 0. The molecule has 0 unspecified atom stereocenters. The van der Waals surface area contributed by atoms with Crippen LogP contribution in [-0.4, -0.2) is 40.1 Å². The summed E-state index contributed by atoms with van der Waals surface area (Å²) in [6.45, 7) is 6.54. The standard InChI is InChI=1S/C32H35ClN4O/c1-21(2)38-30-15-11-24(19-29(30)33)28-7-5-6-25-20-34-32(36-31(25)28)35-26-12-8-22-9-13-27(14-10-23(22)18-26)37-16-3-4-17-37/h5-8,11-12,15,18-21,27H,3-4,9-10,13-14,16-17H2,1-2H3,(H,34,35,36)/t27-/m0/s1. The van der Waals surface area contributed by atoms with Gasteiger partial charge in [0.15, 0.2) is 0 Å². The van der Waals surface area contributed by atoms with E-state index in [-0.39, 0.29) is 6.10 Å². The molecule has 2 heterocycles. The number of nitrogens with zero attached hydrogens (tertiary/aromatic N) is 3. The van der Waals surface area contributed by atoms with Crippen LogP contribution in [0.4, 0.5) is 11.6 Å². The van der Waals surface area contributed by atoms with Crippen molar-refractivity contribution in [1.29, 1.82) is 0 Å². The van der Waals surface area contributed by atoms with Crippen LogP contribution in [-0.2, 0) is 12.8 Å². The number of fused-ring (bicyclic) bond motifs is 2. The summed E-state index contributed by atoms with van der Waals surface area (Å²) >= 11 is 6.56. The Labute approximate surface area is 230 Å². The van der Waals surface area contributed by atoms with E-state index in [1.165, 1.54) is 49.9 Å². The summed E-state index contributed by atoms with van der Waals surface area (Å²) in [5.41, 5.74) is 6.89. The van der Waals surface area contributed by atoms with E-state index in [4.69, 9.17) is 21.3 Å². The average Bonchev–Trinajstić information content (AvgIpc) is 3.37. The van der Waals surface area contributed by atoms with E-state index in [0.29, 0.717) is 16.7 Å². The zero-order valence-corrected chi connectivity index (χ0v) is 23.0. The summed E-state index contributed by atoms with van der Waals surface area (Å²) in [6, 6.07) is 19.6. The molecule has 0 saturated carbocycles. The van der Waals surface area contributed by atoms with Crippen LogP contribution in [0.3, 0.4) is 0 Å². The molecule has 0 radical (unpaired) electrons. The van der Waals surface area contributed by atoms with Crippen LogP contribution < -0.4 is 10.1 Å². The Balaban J connectivity index is 1.24. The first-order chi connectivity index (χ1) is 18.5. The fourth-order valence-electron chi connectivity index (χ4n) is 5.94. The third-order valence-corrected chi connectivity index (χ3v) is 8.13. The number of hydrogen-bond acceptors (Lipinski definition) is 5. The maximum Gasteiger partial charge on any atom is 0.227 e. The number of halogens is 1. The molecule has 1 N–H and O–H groups in total. The lowest BCUT2D eigenvalue weighted by Crippen LogP contribution is -2.32. The van der Waals surface area contributed by atoms with E-state index < -0.39 is 0 Å². The molecule has 1 atom stereocenters. The molecule has 1 fully saturated rings. The topological polar surface area (TPSA) is 50.3 Å². The zero-order valence-electron chi connectivity index (χ0n) is 22.2. The fraction of sp³-hybridized carbons (Fsp3) is 0.375. The van der Waals surface area contributed by atoms with Crippen LogP contribution in [0, 0.1) is 0 Å². The van der Waals surface area contributed by atoms with Crippen molar-refractivity contribution >= 4 is 34.1 Å². The molecule has 6 rings (SSSR count). The Hall–Kier alpha value is -3.15. The number of anilines is 2. The maximum atomic E-state index is 6.56. The van der Waals surface area contributed by atoms with Gasteiger partial charge in [-0.15, -0.1) is 0 Å². The summed E-state index contributed by atoms with van der Waals surface area (Å²) in [6.07, 6.45) is 9.47. The molecule has 1 aliphatic carbocycles. The van der Waals surface area contributed by atoms with Crippen LogP contribution in [0.5, 0.6) is 5.75 Å². The SMILES string of the molecule is CC(C)Oc1ccc(-c2cccc3cnc(Nc4ccc5c(c4)CC[C@@H](N4CCCC4)CC5)nc23)cc1Cl. The highest BCUT2D eigenvalue weighted by atomic mass is 35.5. The molecule has 1 aromatic heterocycles. The second kappa shape index (κ2) is 10.9. The average molecular weight is 527 g/mol. The number of para-hydroxylation sites is 1. The van der Waals surface area contributed by atoms with Crippen LogP contribution >= 0.6 is 11.6 Å². The summed E-state index contributed by atoms with van der Waals surface area (Å²) in [4.78, 5) is 12.3. The third-order valence-electron chi connectivity index (χ3n) is 7.83. The van der Waals surface area contributed by atoms with E-state index in [9.17, 15) is 0 Å². The van der Waals surface area contributed by atoms with Crippen molar-refractivity contribution in [3.05, 3.63) is 76.9 Å². The van der Waals surface area contributed by atoms with Crippen LogP contribution in [0.2, 0.25) is 5.02 Å². The number of ether oxygens (including phenoxy) is 1. The number of likely N-dealkylation sites (tertiary alicyclic amines) is 1. The Morgan fingerprint density at radius 2 is 1.79 bits per heavy atom. The maximum absolute atomic E-state index is 6.56. The largest absolute Gasteiger partial charge is 0.489 e. The van der Waals surface area contributed by atoms with Gasteiger partial charge in [0.05, 0.1) is 16.6 Å². The predicted octanol–water partition coefficient (Wildman–Crippen LogP) is 7.82. The molecule has 6 heteroatoms. The summed E-state index contributed by atoms with van der Waals surface area (Å²) in [5.74, 6) is 1.29. The third kappa shape index (κ3) is 5.36. The highest BCUT2D eigenvalue weighted by Gasteiger charge is 2.24. The first-order valence-electron chi connectivity index (χ1n) is 13.9. The van der Waals surface area contributed by atoms with Gasteiger partial charge in [-0.1, -0.05) is 41.9 Å². The van der Waals surface area contributed by atoms with Crippen molar-refractivity contribution in [2.24, 2.45) is 0 Å². The fourth-order valence-corrected chi connectivity index (χ4v) is 6.16. The Kier molecular flexibility index (Phi) is 7.22. The van der Waals surface area contributed by atoms with Gasteiger partial charge in [-0.2, -0.15) is 0 Å². The Morgan fingerprint density at radius 1 is 0.974 bits per heavy atom. The Morgan fingerprint density at radius 3 is 2.58 bits per heavy atom. The molecular formula is C32H35ClN4O. The van der Waals surface area contributed by atoms with Crippen LogP contribution in [0.1, 0.15) is 50.7 Å². The van der Waals surface area contributed by atoms with Crippen molar-refractivity contribution in [3.63, 3.8) is 0 Å². The molecule has 5 nitrogen and oxygen atoms in total. The molecule has 196 valence electrons. The van der Waals surface area contributed by atoms with Crippen molar-refractivity contribution in [2.75, 3.05) is 18.4 Å². The predicted molar refractivity (Wildman–Crippen MR) is 157 cm³/mol. The molecule has 0 amide bonds. The molecule has 0 bridgehead atoms. The van der Waals surface area contributed by atoms with Gasteiger partial charge in [-0.3, -0.25) is 0 Å². The smallest absolute Gasteiger partial charge is 0.227 e. The van der Waals surface area contributed by atoms with Gasteiger partial charge in [-0.05, 0) is 106 Å². The number of hydrogen-bond donors (Lipinski definition) is 1. The summed E-state index contributed by atoms with van der Waals surface area (Å²) < 4.78 is 5.82. The van der Waals surface area contributed by atoms with Gasteiger partial charge >= 0.3 is 0 Å². The monoisotopic (exact) mass is 526 g/mol. The van der Waals surface area contributed by atoms with Crippen molar-refractivity contribution in [3.8, 4) is 16.9 Å². The van der Waals surface area contributed by atoms with Crippen LogP contribution in [0.15, 0.2) is 60.8 Å². The van der Waals surface area contributed by atoms with Crippen molar-refractivity contribution in [2.45, 2.75) is 64.5 Å². The number of aryl methyl sites for hydroxylation is 2. The minimum atomic E-state index is 0.0664. The van der Waals surface area contributed by atoms with Crippen LogP contribution in [0.25, 0.3) is 22.0 Å². The van der Waals surface area contributed by atoms with Gasteiger partial charge in [0.25, 0.3) is 0 Å². The molecule has 4 aromatic rings. The lowest BCUT2D eigenvalue weighted by Gasteiger charge is -2.25. The van der Waals surface area contributed by atoms with Gasteiger partial charge in [-0.25, -0.2) is 9.97 Å². The number of benzene rings is 3. The minimum absolute atomic E-state index is 0.0664. The van der Waals surface area contributed by atoms with Gasteiger partial charge < -0.3 is 15.0 Å². The number of nitrogens with one attached hydrogen (secondary N) is 1. The van der Waals surface area contributed by atoms with Gasteiger partial charge in [0.2, 0.25) is 5.95 Å². The second-order valence-corrected chi connectivity index (χ2v) is 11.2. The zero-order chi connectivity index (χ0) is 26.1. The number of rotatable bonds is 6. The Bertz CT molecular complexity index is 1450. The molecule has 2 aliphatic rings. The van der Waals surface area contributed by atoms with Crippen molar-refractivity contribution in [1.82, 2.24) is 14.9 Å². The summed E-state index contributed by atoms with van der Waals surface area (Å²) in [5, 5.41) is 5.06. The number of aromatic nitrogens is 2. The molecule has 3 aromatic carbocycles. The van der Waals surface area contributed by atoms with Crippen molar-refractivity contribution < 1.29 is 4.74 Å². The lowest BCUT2D eigenvalue weighted by molar-refractivity contribution is 0.222. The first kappa shape index (κ1) is 25.1. The van der Waals surface area contributed by atoms with E-state index in [1.807, 2.05) is 50.4 Å². The molecular weight excluding hydrogens is 492 g/mol. The highest BCUT2D eigenvalue weighted by molar-refractivity contribution is 6.32. The van der Waals surface area contributed by atoms with E-state index in [1.54, 1.807) is 0 Å². The first-order valence-corrected chi connectivity index (χ1v) is 14.3. The van der Waals surface area contributed by atoms with E-state index in [2.05, 4.69) is 39.5 Å². The second-order valence-electron chi connectivity index (χ2n) is 10.8. The lowest BCUT2D eigenvalue weighted by atomic mass is 10.0. The van der Waals surface area contributed by atoms with E-state index >= 15 is 0 Å². The van der Waals surface area contributed by atoms with Gasteiger partial charge in [0, 0.05) is 28.9 Å². The van der Waals surface area contributed by atoms with E-state index in [0.717, 1.165) is 46.6 Å². The quantitative estimate of drug-likeness (QED) is 0.259. The normalized spacial score (nSPS) is 17.9. The highest BCUT2D eigenvalue weighted by Crippen LogP contribution is 2.34. The molecule has 0 spiro atoms. The molecule has 1 saturated heterocycles. The molecule has 1 aliphatic heterocycles. The minimum Gasteiger partial charge on any atom is -0.489 e. The molecule has 38 heavy (non-hydrogen) atoms.